The van der Waals surface area contributed by atoms with E-state index in [-0.39, 0.29) is 6.79 Å². The molecule has 0 unspecified atom stereocenters. The molecule has 0 spiro atoms. The molecule has 2 aromatic heterocycles. The highest BCUT2D eigenvalue weighted by Gasteiger charge is 2.30. The van der Waals surface area contributed by atoms with Gasteiger partial charge in [-0.25, -0.2) is 14.8 Å². The third kappa shape index (κ3) is 3.80. The largest absolute Gasteiger partial charge is 0.493 e. The van der Waals surface area contributed by atoms with E-state index in [4.69, 9.17) is 18.9 Å². The minimum atomic E-state index is -0.398. The summed E-state index contributed by atoms with van der Waals surface area (Å²) < 4.78 is 25.0. The Kier molecular flexibility index (Phi) is 5.38. The van der Waals surface area contributed by atoms with Crippen molar-refractivity contribution in [1.82, 2.24) is 14.9 Å². The SMILES string of the molecule is COc1ccc2cc3[n+](cc2c1OC(=O)N1CCN(c2ncccn2)CC1)CCc1cc2c(cc1-3)OCO2. The van der Waals surface area contributed by atoms with E-state index >= 15 is 0 Å². The van der Waals surface area contributed by atoms with Crippen molar-refractivity contribution in [2.24, 2.45) is 0 Å². The number of aryl methyl sites for hydroxylation is 2. The van der Waals surface area contributed by atoms with E-state index in [2.05, 4.69) is 37.6 Å². The number of carbonyl (C=O) groups is 1. The van der Waals surface area contributed by atoms with E-state index in [1.54, 1.807) is 30.5 Å². The molecule has 4 aromatic rings. The van der Waals surface area contributed by atoms with Gasteiger partial charge in [-0.05, 0) is 41.3 Å². The monoisotopic (exact) mass is 512 g/mol. The van der Waals surface area contributed by atoms with Crippen LogP contribution in [0.3, 0.4) is 0 Å². The number of hydrogen-bond donors (Lipinski definition) is 0. The van der Waals surface area contributed by atoms with Gasteiger partial charge < -0.3 is 28.7 Å². The molecule has 10 nitrogen and oxygen atoms in total. The molecule has 2 aromatic carbocycles. The average molecular weight is 513 g/mol. The first-order valence-corrected chi connectivity index (χ1v) is 12.6. The van der Waals surface area contributed by atoms with Crippen LogP contribution in [-0.4, -0.2) is 61.0 Å². The highest BCUT2D eigenvalue weighted by Crippen LogP contribution is 2.41. The number of pyridine rings is 1. The molecule has 192 valence electrons. The van der Waals surface area contributed by atoms with E-state index in [0.717, 1.165) is 46.5 Å². The van der Waals surface area contributed by atoms with Gasteiger partial charge in [0.15, 0.2) is 35.7 Å². The van der Waals surface area contributed by atoms with E-state index < -0.39 is 6.09 Å². The summed E-state index contributed by atoms with van der Waals surface area (Å²) >= 11 is 0. The molecule has 0 radical (unpaired) electrons. The van der Waals surface area contributed by atoms with Gasteiger partial charge in [-0.1, -0.05) is 0 Å². The molecule has 10 heteroatoms. The third-order valence-electron chi connectivity index (χ3n) is 7.36. The van der Waals surface area contributed by atoms with Crippen LogP contribution in [0.1, 0.15) is 5.56 Å². The minimum Gasteiger partial charge on any atom is -0.493 e. The maximum absolute atomic E-state index is 13.2. The molecule has 1 saturated heterocycles. The van der Waals surface area contributed by atoms with E-state index in [0.29, 0.717) is 43.6 Å². The topological polar surface area (TPSA) is 90.1 Å². The Morgan fingerprint density at radius 2 is 1.82 bits per heavy atom. The van der Waals surface area contributed by atoms with Crippen LogP contribution in [0.25, 0.3) is 22.0 Å². The number of benzene rings is 2. The molecule has 38 heavy (non-hydrogen) atoms. The lowest BCUT2D eigenvalue weighted by molar-refractivity contribution is -0.686. The summed E-state index contributed by atoms with van der Waals surface area (Å²) in [6.45, 7) is 3.34. The molecule has 0 N–H and O–H groups in total. The Balaban J connectivity index is 1.18. The van der Waals surface area contributed by atoms with Crippen molar-refractivity contribution >= 4 is 22.8 Å². The molecule has 0 saturated carbocycles. The van der Waals surface area contributed by atoms with Gasteiger partial charge in [0.25, 0.3) is 0 Å². The van der Waals surface area contributed by atoms with Crippen molar-refractivity contribution in [1.29, 1.82) is 0 Å². The number of hydrogen-bond acceptors (Lipinski definition) is 8. The van der Waals surface area contributed by atoms with Gasteiger partial charge in [0.1, 0.15) is 0 Å². The number of carbonyl (C=O) groups excluding carboxylic acids is 1. The summed E-state index contributed by atoms with van der Waals surface area (Å²) in [5, 5.41) is 1.78. The second-order valence-electron chi connectivity index (χ2n) is 9.46. The number of anilines is 1. The molecule has 5 heterocycles. The number of amides is 1. The molecule has 0 aliphatic carbocycles. The fraction of sp³-hybridized carbons (Fsp3) is 0.286. The second kappa shape index (κ2) is 9.05. The number of piperazine rings is 1. The fourth-order valence-corrected chi connectivity index (χ4v) is 5.36. The van der Waals surface area contributed by atoms with Crippen LogP contribution in [0, 0.1) is 0 Å². The zero-order chi connectivity index (χ0) is 25.6. The van der Waals surface area contributed by atoms with Crippen LogP contribution in [0.5, 0.6) is 23.0 Å². The van der Waals surface area contributed by atoms with Gasteiger partial charge >= 0.3 is 6.09 Å². The maximum atomic E-state index is 13.2. The van der Waals surface area contributed by atoms with Crippen LogP contribution in [0.2, 0.25) is 0 Å². The van der Waals surface area contributed by atoms with E-state index in [9.17, 15) is 4.79 Å². The Morgan fingerprint density at radius 1 is 1.03 bits per heavy atom. The Labute approximate surface area is 218 Å². The zero-order valence-electron chi connectivity index (χ0n) is 20.9. The van der Waals surface area contributed by atoms with Crippen molar-refractivity contribution in [3.05, 3.63) is 60.6 Å². The van der Waals surface area contributed by atoms with E-state index in [1.807, 2.05) is 18.3 Å². The van der Waals surface area contributed by atoms with Crippen molar-refractivity contribution in [3.8, 4) is 34.3 Å². The van der Waals surface area contributed by atoms with Crippen LogP contribution in [0.15, 0.2) is 55.0 Å². The van der Waals surface area contributed by atoms with Crippen molar-refractivity contribution < 1.29 is 28.3 Å². The quantitative estimate of drug-likeness (QED) is 0.387. The molecule has 7 rings (SSSR count). The van der Waals surface area contributed by atoms with Crippen LogP contribution in [0.4, 0.5) is 10.7 Å². The first-order chi connectivity index (χ1) is 18.7. The highest BCUT2D eigenvalue weighted by atomic mass is 16.7. The molecule has 3 aliphatic rings. The number of ether oxygens (including phenoxy) is 4. The van der Waals surface area contributed by atoms with Gasteiger partial charge in [0, 0.05) is 51.1 Å². The van der Waals surface area contributed by atoms with E-state index in [1.165, 1.54) is 5.56 Å². The predicted molar refractivity (Wildman–Crippen MR) is 138 cm³/mol. The molecule has 0 atom stereocenters. The average Bonchev–Trinajstić information content (AvgIpc) is 3.43. The smallest absolute Gasteiger partial charge is 0.415 e. The summed E-state index contributed by atoms with van der Waals surface area (Å²) in [5.41, 5.74) is 3.43. The number of rotatable bonds is 3. The standard InChI is InChI=1S/C28H26N5O5/c1-35-23-4-3-18-13-22-20-15-25-24(36-17-37-25)14-19(20)5-8-33(22)16-21(18)26(23)38-28(34)32-11-9-31(10-12-32)27-29-6-2-7-30-27/h2-4,6-7,13-16H,5,8-12,17H2,1H3/q+1. The van der Waals surface area contributed by atoms with Gasteiger partial charge in [-0.3, -0.25) is 0 Å². The molecular formula is C28H26N5O5+. The summed E-state index contributed by atoms with van der Waals surface area (Å²) in [6.07, 6.45) is 5.96. The Bertz CT molecular complexity index is 1550. The lowest BCUT2D eigenvalue weighted by Crippen LogP contribution is -2.50. The highest BCUT2D eigenvalue weighted by molar-refractivity contribution is 5.93. The van der Waals surface area contributed by atoms with Crippen molar-refractivity contribution in [3.63, 3.8) is 0 Å². The summed E-state index contributed by atoms with van der Waals surface area (Å²) in [4.78, 5) is 25.6. The first-order valence-electron chi connectivity index (χ1n) is 12.6. The Hall–Kier alpha value is -4.60. The first kappa shape index (κ1) is 22.6. The maximum Gasteiger partial charge on any atom is 0.415 e. The predicted octanol–water partition coefficient (Wildman–Crippen LogP) is 3.20. The minimum absolute atomic E-state index is 0.250. The third-order valence-corrected chi connectivity index (χ3v) is 7.36. The second-order valence-corrected chi connectivity index (χ2v) is 9.46. The number of methoxy groups -OCH3 is 1. The molecule has 0 bridgehead atoms. The van der Waals surface area contributed by atoms with Crippen LogP contribution >= 0.6 is 0 Å². The van der Waals surface area contributed by atoms with Crippen molar-refractivity contribution in [2.75, 3.05) is 45.0 Å². The van der Waals surface area contributed by atoms with Crippen LogP contribution < -0.4 is 28.4 Å². The number of aromatic nitrogens is 3. The molecule has 3 aliphatic heterocycles. The molecule has 1 amide bonds. The van der Waals surface area contributed by atoms with Crippen molar-refractivity contribution in [2.45, 2.75) is 13.0 Å². The zero-order valence-corrected chi connectivity index (χ0v) is 20.9. The van der Waals surface area contributed by atoms with Gasteiger partial charge in [-0.2, -0.15) is 4.57 Å². The fourth-order valence-electron chi connectivity index (χ4n) is 5.36. The number of nitrogens with zero attached hydrogens (tertiary/aromatic N) is 5. The van der Waals surface area contributed by atoms with Gasteiger partial charge in [0.05, 0.1) is 18.1 Å². The molecule has 1 fully saturated rings. The number of fused-ring (bicyclic) bond motifs is 5. The summed E-state index contributed by atoms with van der Waals surface area (Å²) in [5.74, 6) is 3.18. The summed E-state index contributed by atoms with van der Waals surface area (Å²) in [6, 6.07) is 11.9. The summed E-state index contributed by atoms with van der Waals surface area (Å²) in [7, 11) is 1.58. The lowest BCUT2D eigenvalue weighted by Gasteiger charge is -2.34. The molecular weight excluding hydrogens is 486 g/mol. The Morgan fingerprint density at radius 3 is 2.61 bits per heavy atom. The van der Waals surface area contributed by atoms with Gasteiger partial charge in [0.2, 0.25) is 18.4 Å². The van der Waals surface area contributed by atoms with Gasteiger partial charge in [-0.15, -0.1) is 0 Å². The normalized spacial score (nSPS) is 15.7. The van der Waals surface area contributed by atoms with Crippen LogP contribution in [-0.2, 0) is 13.0 Å². The lowest BCUT2D eigenvalue weighted by atomic mass is 9.95.